The Labute approximate surface area is 240 Å². The Hall–Kier alpha value is -4.97. The molecule has 0 bridgehead atoms. The molecule has 0 saturated carbocycles. The van der Waals surface area contributed by atoms with Crippen LogP contribution in [0.4, 0.5) is 21.5 Å². The SMILES string of the molecule is COc1c(N2CCN(c3ccccc3[N+](=O)[O-])CC2)c(F)cc2c(=O)c(C(=O)O)cn(-c3ccc(CN(C)C)cc3)c12. The van der Waals surface area contributed by atoms with Crippen molar-refractivity contribution in [3.8, 4) is 11.4 Å². The van der Waals surface area contributed by atoms with Crippen LogP contribution >= 0.6 is 0 Å². The largest absolute Gasteiger partial charge is 0.492 e. The van der Waals surface area contributed by atoms with Gasteiger partial charge in [0.25, 0.3) is 5.69 Å². The number of nitrogens with zero attached hydrogens (tertiary/aromatic N) is 5. The minimum atomic E-state index is -1.42. The number of halogens is 1. The number of aromatic carboxylic acids is 1. The Bertz CT molecular complexity index is 1730. The van der Waals surface area contributed by atoms with Gasteiger partial charge in [0.2, 0.25) is 5.43 Å². The highest BCUT2D eigenvalue weighted by Crippen LogP contribution is 2.40. The molecule has 1 aromatic heterocycles. The first-order chi connectivity index (χ1) is 20.1. The van der Waals surface area contributed by atoms with E-state index in [1.807, 2.05) is 48.2 Å². The second kappa shape index (κ2) is 11.5. The second-order valence-electron chi connectivity index (χ2n) is 10.3. The van der Waals surface area contributed by atoms with E-state index in [1.54, 1.807) is 27.7 Å². The van der Waals surface area contributed by atoms with Gasteiger partial charge in [-0.1, -0.05) is 24.3 Å². The number of ether oxygens (including phenoxy) is 1. The number of rotatable bonds is 8. The third kappa shape index (κ3) is 5.23. The van der Waals surface area contributed by atoms with Crippen molar-refractivity contribution >= 4 is 33.9 Å². The predicted molar refractivity (Wildman–Crippen MR) is 158 cm³/mol. The number of carboxylic acids is 1. The molecule has 0 amide bonds. The van der Waals surface area contributed by atoms with Crippen LogP contribution in [-0.2, 0) is 6.54 Å². The number of benzene rings is 3. The lowest BCUT2D eigenvalue weighted by molar-refractivity contribution is -0.384. The highest BCUT2D eigenvalue weighted by molar-refractivity contribution is 5.98. The lowest BCUT2D eigenvalue weighted by Gasteiger charge is -2.37. The number of para-hydroxylation sites is 2. The zero-order chi connectivity index (χ0) is 30.1. The van der Waals surface area contributed by atoms with Crippen LogP contribution in [0.25, 0.3) is 16.6 Å². The van der Waals surface area contributed by atoms with Gasteiger partial charge < -0.3 is 29.1 Å². The summed E-state index contributed by atoms with van der Waals surface area (Å²) >= 11 is 0. The molecule has 1 fully saturated rings. The molecule has 4 aromatic rings. The molecule has 2 heterocycles. The van der Waals surface area contributed by atoms with Gasteiger partial charge >= 0.3 is 5.97 Å². The molecule has 0 atom stereocenters. The maximum atomic E-state index is 15.8. The van der Waals surface area contributed by atoms with Gasteiger partial charge in [-0.05, 0) is 43.9 Å². The molecule has 0 unspecified atom stereocenters. The normalized spacial score (nSPS) is 13.5. The number of piperazine rings is 1. The minimum absolute atomic E-state index is 0.00438. The smallest absolute Gasteiger partial charge is 0.341 e. The van der Waals surface area contributed by atoms with Crippen LogP contribution in [0, 0.1) is 15.9 Å². The van der Waals surface area contributed by atoms with Crippen LogP contribution in [0.3, 0.4) is 0 Å². The second-order valence-corrected chi connectivity index (χ2v) is 10.3. The van der Waals surface area contributed by atoms with E-state index in [0.29, 0.717) is 44.1 Å². The standard InChI is InChI=1S/C30H30FN5O6/c1-32(2)17-19-8-10-20(11-9-19)35-18-22(30(38)39)28(37)21-16-23(31)27(29(42-3)26(21)35)34-14-12-33(13-15-34)24-6-4-5-7-25(24)36(40)41/h4-11,16,18H,12-15,17H2,1-3H3,(H,38,39). The Morgan fingerprint density at radius 1 is 1.07 bits per heavy atom. The summed E-state index contributed by atoms with van der Waals surface area (Å²) in [5.41, 5.74) is 1.15. The third-order valence-electron chi connectivity index (χ3n) is 7.33. The summed E-state index contributed by atoms with van der Waals surface area (Å²) in [5.74, 6) is -2.06. The summed E-state index contributed by atoms with van der Waals surface area (Å²) in [6.45, 7) is 2.10. The molecule has 11 nitrogen and oxygen atoms in total. The molecule has 0 spiro atoms. The monoisotopic (exact) mass is 575 g/mol. The molecule has 42 heavy (non-hydrogen) atoms. The number of anilines is 2. The number of fused-ring (bicyclic) bond motifs is 1. The first-order valence-electron chi connectivity index (χ1n) is 13.3. The summed E-state index contributed by atoms with van der Waals surface area (Å²) in [6, 6.07) is 15.0. The van der Waals surface area contributed by atoms with E-state index in [2.05, 4.69) is 0 Å². The summed E-state index contributed by atoms with van der Waals surface area (Å²) in [5, 5.41) is 21.2. The molecule has 1 aliphatic heterocycles. The number of hydrogen-bond donors (Lipinski definition) is 1. The van der Waals surface area contributed by atoms with Crippen molar-refractivity contribution in [1.82, 2.24) is 9.47 Å². The van der Waals surface area contributed by atoms with Gasteiger partial charge in [0.1, 0.15) is 22.5 Å². The highest BCUT2D eigenvalue weighted by atomic mass is 19.1. The Morgan fingerprint density at radius 3 is 2.31 bits per heavy atom. The number of hydrogen-bond acceptors (Lipinski definition) is 8. The lowest BCUT2D eigenvalue weighted by Crippen LogP contribution is -2.47. The summed E-state index contributed by atoms with van der Waals surface area (Å²) in [6.07, 6.45) is 1.24. The number of nitro groups is 1. The van der Waals surface area contributed by atoms with Crippen molar-refractivity contribution in [2.45, 2.75) is 6.54 Å². The minimum Gasteiger partial charge on any atom is -0.492 e. The molecule has 3 aromatic carbocycles. The van der Waals surface area contributed by atoms with E-state index in [4.69, 9.17) is 4.74 Å². The Kier molecular flexibility index (Phi) is 7.81. The van der Waals surface area contributed by atoms with Gasteiger partial charge in [-0.2, -0.15) is 0 Å². The van der Waals surface area contributed by atoms with E-state index < -0.39 is 27.7 Å². The van der Waals surface area contributed by atoms with Crippen LogP contribution in [0.1, 0.15) is 15.9 Å². The Morgan fingerprint density at radius 2 is 1.71 bits per heavy atom. The van der Waals surface area contributed by atoms with Crippen LogP contribution in [0.15, 0.2) is 65.6 Å². The van der Waals surface area contributed by atoms with Crippen molar-refractivity contribution in [3.05, 3.63) is 98.1 Å². The van der Waals surface area contributed by atoms with Gasteiger partial charge in [-0.15, -0.1) is 0 Å². The van der Waals surface area contributed by atoms with Crippen LogP contribution in [0.2, 0.25) is 0 Å². The topological polar surface area (TPSA) is 121 Å². The first-order valence-corrected chi connectivity index (χ1v) is 13.3. The zero-order valence-electron chi connectivity index (χ0n) is 23.4. The average molecular weight is 576 g/mol. The summed E-state index contributed by atoms with van der Waals surface area (Å²) in [4.78, 5) is 42.0. The molecule has 1 aliphatic rings. The molecule has 218 valence electrons. The third-order valence-corrected chi connectivity index (χ3v) is 7.33. The quantitative estimate of drug-likeness (QED) is 0.244. The van der Waals surface area contributed by atoms with Crippen LogP contribution in [-0.4, -0.2) is 72.9 Å². The number of aromatic nitrogens is 1. The van der Waals surface area contributed by atoms with E-state index in [9.17, 15) is 24.8 Å². The van der Waals surface area contributed by atoms with Crippen LogP contribution in [0.5, 0.6) is 5.75 Å². The first kappa shape index (κ1) is 28.6. The highest BCUT2D eigenvalue weighted by Gasteiger charge is 2.29. The van der Waals surface area contributed by atoms with E-state index >= 15 is 4.39 Å². The van der Waals surface area contributed by atoms with Crippen molar-refractivity contribution in [2.24, 2.45) is 0 Å². The van der Waals surface area contributed by atoms with Crippen molar-refractivity contribution < 1.29 is 24.0 Å². The maximum Gasteiger partial charge on any atom is 0.341 e. The van der Waals surface area contributed by atoms with Crippen molar-refractivity contribution in [1.29, 1.82) is 0 Å². The fourth-order valence-electron chi connectivity index (χ4n) is 5.44. The molecule has 5 rings (SSSR count). The summed E-state index contributed by atoms with van der Waals surface area (Å²) < 4.78 is 23.1. The molecule has 0 aliphatic carbocycles. The maximum absolute atomic E-state index is 15.8. The summed E-state index contributed by atoms with van der Waals surface area (Å²) in [7, 11) is 5.27. The Balaban J connectivity index is 1.61. The van der Waals surface area contributed by atoms with E-state index in [1.165, 1.54) is 19.4 Å². The molecule has 12 heteroatoms. The lowest BCUT2D eigenvalue weighted by atomic mass is 10.1. The number of pyridine rings is 1. The molecule has 0 radical (unpaired) electrons. The van der Waals surface area contributed by atoms with Crippen molar-refractivity contribution in [2.75, 3.05) is 57.2 Å². The fourth-order valence-corrected chi connectivity index (χ4v) is 5.44. The van der Waals surface area contributed by atoms with Gasteiger partial charge in [0, 0.05) is 50.7 Å². The fraction of sp³-hybridized carbons (Fsp3) is 0.267. The van der Waals surface area contributed by atoms with Gasteiger partial charge in [-0.3, -0.25) is 14.9 Å². The van der Waals surface area contributed by atoms with E-state index in [-0.39, 0.29) is 28.0 Å². The number of carboxylic acid groups (broad SMARTS) is 1. The van der Waals surface area contributed by atoms with E-state index in [0.717, 1.165) is 11.6 Å². The van der Waals surface area contributed by atoms with Gasteiger partial charge in [-0.25, -0.2) is 9.18 Å². The number of nitro benzene ring substituents is 1. The predicted octanol–water partition coefficient (Wildman–Crippen LogP) is 4.13. The van der Waals surface area contributed by atoms with Crippen LogP contribution < -0.4 is 20.0 Å². The molecular formula is C30H30FN5O6. The van der Waals surface area contributed by atoms with Gasteiger partial charge in [0.05, 0.1) is 17.4 Å². The van der Waals surface area contributed by atoms with Crippen molar-refractivity contribution in [3.63, 3.8) is 0 Å². The zero-order valence-corrected chi connectivity index (χ0v) is 23.4. The average Bonchev–Trinajstić information content (AvgIpc) is 2.97. The molecule has 1 saturated heterocycles. The van der Waals surface area contributed by atoms with Gasteiger partial charge in [0.15, 0.2) is 11.6 Å². The molecular weight excluding hydrogens is 545 g/mol. The molecule has 1 N–H and O–H groups in total. The number of methoxy groups -OCH3 is 1. The number of carbonyl (C=O) groups is 1.